The van der Waals surface area contributed by atoms with Crippen molar-refractivity contribution in [1.82, 2.24) is 30.1 Å². The van der Waals surface area contributed by atoms with Gasteiger partial charge in [0.25, 0.3) is 11.8 Å². The number of ketones is 2. The Hall–Kier alpha value is -5.02. The van der Waals surface area contributed by atoms with Crippen LogP contribution in [0.5, 0.6) is 0 Å². The van der Waals surface area contributed by atoms with E-state index in [2.05, 4.69) is 20.3 Å². The molecule has 19 heteroatoms. The van der Waals surface area contributed by atoms with Crippen molar-refractivity contribution in [1.29, 1.82) is 0 Å². The number of piperidine rings is 3. The summed E-state index contributed by atoms with van der Waals surface area (Å²) in [6.45, 7) is 4.58. The first kappa shape index (κ1) is 50.0. The van der Waals surface area contributed by atoms with E-state index in [9.17, 15) is 41.9 Å². The second-order valence-electron chi connectivity index (χ2n) is 13.2. The van der Waals surface area contributed by atoms with Crippen LogP contribution < -0.4 is 24.2 Å². The van der Waals surface area contributed by atoms with Crippen molar-refractivity contribution in [2.45, 2.75) is 69.4 Å². The molecule has 15 nitrogen and oxygen atoms in total. The third-order valence-electron chi connectivity index (χ3n) is 9.45. The number of nitrogens with one attached hydrogen (secondary N) is 1. The Morgan fingerprint density at radius 2 is 0.930 bits per heavy atom. The molecule has 57 heavy (non-hydrogen) atoms. The molecule has 4 N–H and O–H groups in total. The van der Waals surface area contributed by atoms with Crippen molar-refractivity contribution < 1.29 is 76.5 Å². The monoisotopic (exact) mass is 794 g/mol. The maximum Gasteiger partial charge on any atom is 1.00 e. The predicted molar refractivity (Wildman–Crippen MR) is 194 cm³/mol. The Bertz CT molecular complexity index is 1670. The van der Waals surface area contributed by atoms with E-state index < -0.39 is 34.7 Å². The SMILES string of the molecule is CC(=O)C1(F)CCN(C(=O)c2cccnc2)CC1.CC(=O)C1(F)CCNCC1.O=C(O)c1cccnc1.O=C(c1cccnc1)N1CCC(F)(C(=O)O)CC1.[Li+].[OH-]. The zero-order valence-electron chi connectivity index (χ0n) is 32.1. The molecule has 3 aromatic rings. The van der Waals surface area contributed by atoms with Gasteiger partial charge in [-0.1, -0.05) is 0 Å². The molecule has 0 aliphatic carbocycles. The number of amides is 2. The van der Waals surface area contributed by atoms with Crippen LogP contribution in [0.25, 0.3) is 0 Å². The zero-order valence-corrected chi connectivity index (χ0v) is 32.1. The smallest absolute Gasteiger partial charge is 0.870 e. The number of carbonyl (C=O) groups excluding carboxylic acids is 4. The number of aromatic carboxylic acids is 1. The number of aliphatic carboxylic acids is 1. The molecule has 0 aromatic carbocycles. The predicted octanol–water partition coefficient (Wildman–Crippen LogP) is 1.000. The Morgan fingerprint density at radius 3 is 1.19 bits per heavy atom. The second-order valence-corrected chi connectivity index (χ2v) is 13.2. The Morgan fingerprint density at radius 1 is 0.596 bits per heavy atom. The number of halogens is 3. The van der Waals surface area contributed by atoms with E-state index >= 15 is 0 Å². The molecule has 0 radical (unpaired) electrons. The van der Waals surface area contributed by atoms with Gasteiger partial charge in [0.2, 0.25) is 5.67 Å². The molecule has 0 atom stereocenters. The third kappa shape index (κ3) is 14.8. The number of aromatic nitrogens is 3. The molecular formula is C38H46F3LiN6O9. The first-order valence-electron chi connectivity index (χ1n) is 17.6. The summed E-state index contributed by atoms with van der Waals surface area (Å²) in [7, 11) is 0. The topological polar surface area (TPSA) is 230 Å². The minimum Gasteiger partial charge on any atom is -0.870 e. The van der Waals surface area contributed by atoms with E-state index in [1.165, 1.54) is 49.6 Å². The molecule has 0 spiro atoms. The van der Waals surface area contributed by atoms with Gasteiger partial charge in [-0.3, -0.25) is 34.1 Å². The molecule has 0 bridgehead atoms. The summed E-state index contributed by atoms with van der Waals surface area (Å²) in [5.41, 5.74) is -4.34. The van der Waals surface area contributed by atoms with Crippen molar-refractivity contribution >= 4 is 35.3 Å². The van der Waals surface area contributed by atoms with Crippen molar-refractivity contribution in [3.63, 3.8) is 0 Å². The molecule has 0 unspecified atom stereocenters. The van der Waals surface area contributed by atoms with Crippen LogP contribution in [0.1, 0.15) is 83.4 Å². The van der Waals surface area contributed by atoms with E-state index in [0.29, 0.717) is 37.1 Å². The average molecular weight is 795 g/mol. The fourth-order valence-electron chi connectivity index (χ4n) is 5.70. The number of nitrogens with zero attached hydrogens (tertiary/aromatic N) is 5. The molecule has 3 aliphatic heterocycles. The molecule has 6 rings (SSSR count). The molecular weight excluding hydrogens is 748 g/mol. The van der Waals surface area contributed by atoms with Gasteiger partial charge in [-0.2, -0.15) is 0 Å². The minimum atomic E-state index is -2.20. The minimum absolute atomic E-state index is 0. The Balaban J connectivity index is 0.000000392. The average Bonchev–Trinajstić information content (AvgIpc) is 3.20. The van der Waals surface area contributed by atoms with Gasteiger partial charge in [0.05, 0.1) is 16.7 Å². The number of likely N-dealkylation sites (tertiary alicyclic amines) is 2. The number of hydrogen-bond donors (Lipinski definition) is 3. The third-order valence-corrected chi connectivity index (χ3v) is 9.45. The summed E-state index contributed by atoms with van der Waals surface area (Å²) >= 11 is 0. The van der Waals surface area contributed by atoms with Gasteiger partial charge in [0.1, 0.15) is 0 Å². The number of alkyl halides is 3. The molecule has 3 aromatic heterocycles. The summed E-state index contributed by atoms with van der Waals surface area (Å²) in [6, 6.07) is 9.72. The van der Waals surface area contributed by atoms with Crippen molar-refractivity contribution in [2.24, 2.45) is 0 Å². The van der Waals surface area contributed by atoms with Gasteiger partial charge in [-0.15, -0.1) is 0 Å². The van der Waals surface area contributed by atoms with Crippen molar-refractivity contribution in [3.8, 4) is 0 Å². The van der Waals surface area contributed by atoms with Crippen LogP contribution >= 0.6 is 0 Å². The summed E-state index contributed by atoms with van der Waals surface area (Å²) in [4.78, 5) is 81.2. The van der Waals surface area contributed by atoms with Crippen LogP contribution in [0, 0.1) is 0 Å². The summed E-state index contributed by atoms with van der Waals surface area (Å²) < 4.78 is 41.1. The molecule has 3 aliphatic rings. The van der Waals surface area contributed by atoms with Crippen LogP contribution in [-0.2, 0) is 14.4 Å². The summed E-state index contributed by atoms with van der Waals surface area (Å²) in [5, 5.41) is 20.1. The first-order valence-corrected chi connectivity index (χ1v) is 17.6. The van der Waals surface area contributed by atoms with E-state index in [1.807, 2.05) is 0 Å². The van der Waals surface area contributed by atoms with E-state index in [0.717, 1.165) is 0 Å². The van der Waals surface area contributed by atoms with Gasteiger partial charge in [-0.05, 0) is 63.3 Å². The fraction of sp³-hybridized carbons (Fsp3) is 0.447. The van der Waals surface area contributed by atoms with Crippen LogP contribution in [0.15, 0.2) is 73.6 Å². The van der Waals surface area contributed by atoms with Crippen LogP contribution in [0.4, 0.5) is 13.2 Å². The fourth-order valence-corrected chi connectivity index (χ4v) is 5.70. The number of hydrogen-bond acceptors (Lipinski definition) is 11. The molecule has 3 fully saturated rings. The number of Topliss-reactive ketones (excluding diaryl/α,β-unsaturated/α-hetero) is 2. The normalized spacial score (nSPS) is 17.3. The number of carboxylic acids is 2. The van der Waals surface area contributed by atoms with Gasteiger partial charge < -0.3 is 30.8 Å². The molecule has 3 saturated heterocycles. The molecule has 0 saturated carbocycles. The molecule has 2 amide bonds. The quantitative estimate of drug-likeness (QED) is 0.296. The summed E-state index contributed by atoms with van der Waals surface area (Å²) in [5.74, 6) is -3.56. The first-order chi connectivity index (χ1) is 26.0. The van der Waals surface area contributed by atoms with Crippen molar-refractivity contribution in [2.75, 3.05) is 39.3 Å². The molecule has 304 valence electrons. The molecule has 6 heterocycles. The maximum atomic E-state index is 14.0. The Labute approximate surface area is 340 Å². The van der Waals surface area contributed by atoms with Gasteiger partial charge >= 0.3 is 30.8 Å². The van der Waals surface area contributed by atoms with Crippen LogP contribution in [0.3, 0.4) is 0 Å². The maximum absolute atomic E-state index is 14.0. The number of carbonyl (C=O) groups is 6. The van der Waals surface area contributed by atoms with Gasteiger partial charge in [-0.25, -0.2) is 22.8 Å². The van der Waals surface area contributed by atoms with Crippen LogP contribution in [0.2, 0.25) is 0 Å². The summed E-state index contributed by atoms with van der Waals surface area (Å²) in [6.07, 6.45) is 9.41. The van der Waals surface area contributed by atoms with Gasteiger partial charge in [0.15, 0.2) is 22.9 Å². The van der Waals surface area contributed by atoms with Crippen molar-refractivity contribution in [3.05, 3.63) is 90.3 Å². The van der Waals surface area contributed by atoms with E-state index in [1.54, 1.807) is 47.6 Å². The number of rotatable bonds is 6. The van der Waals surface area contributed by atoms with E-state index in [-0.39, 0.29) is 99.4 Å². The number of pyridine rings is 3. The van der Waals surface area contributed by atoms with E-state index in [4.69, 9.17) is 10.2 Å². The zero-order chi connectivity index (χ0) is 40.6. The van der Waals surface area contributed by atoms with Crippen LogP contribution in [-0.4, -0.2) is 132 Å². The number of carboxylic acid groups (broad SMARTS) is 2. The standard InChI is InChI=1S/C13H15FN2O2.C12H13FN2O3.C7H12FNO.C6H5NO2.Li.H2O/c1-10(17)13(14)4-7-16(8-5-13)12(18)11-3-2-6-15-9-11;13-12(11(17)18)3-6-15(7-4-12)10(16)9-2-1-5-14-8-9;1-6(10)7(8)2-4-9-5-3-7;8-6(9)5-2-1-3-7-4-5;;/h2-3,6,9H,4-5,7-8H2,1H3;1-2,5,8H,3-4,6-7H2,(H,17,18);9H,2-5H2,1H3;1-4H,(H,8,9);;1H2/q;;;;+1;/p-1. The Kier molecular flexibility index (Phi) is 20.4. The largest absolute Gasteiger partial charge is 1.00 e. The van der Waals surface area contributed by atoms with Gasteiger partial charge in [0, 0.05) is 102 Å². The second kappa shape index (κ2) is 23.3.